The molecule has 2 atom stereocenters. The number of anilines is 1. The second kappa shape index (κ2) is 7.73. The molecule has 1 aliphatic rings. The van der Waals surface area contributed by atoms with Crippen LogP contribution in [0.3, 0.4) is 0 Å². The van der Waals surface area contributed by atoms with E-state index in [0.717, 1.165) is 31.5 Å². The van der Waals surface area contributed by atoms with Crippen molar-refractivity contribution in [3.05, 3.63) is 27.8 Å². The van der Waals surface area contributed by atoms with Crippen LogP contribution in [0.5, 0.6) is 0 Å². The molecule has 1 saturated heterocycles. The molecule has 1 amide bonds. The smallest absolute Gasteiger partial charge is 0.410 e. The van der Waals surface area contributed by atoms with E-state index in [9.17, 15) is 4.79 Å². The standard InChI is InChI=1S/C18H27IN2O2/c1-13(20-16-10-6-5-9-15(16)19)12-14-8-7-11-21(14)17(22)23-18(2,3)4/h5-6,9-10,13-14,20H,7-8,11-12H2,1-4H3. The molecular weight excluding hydrogens is 403 g/mol. The average molecular weight is 430 g/mol. The highest BCUT2D eigenvalue weighted by Crippen LogP contribution is 2.26. The van der Waals surface area contributed by atoms with E-state index in [1.54, 1.807) is 0 Å². The first-order valence-corrected chi connectivity index (χ1v) is 9.35. The number of likely N-dealkylation sites (tertiary alicyclic amines) is 1. The lowest BCUT2D eigenvalue weighted by molar-refractivity contribution is 0.0218. The van der Waals surface area contributed by atoms with Crippen LogP contribution in [0.25, 0.3) is 0 Å². The van der Waals surface area contributed by atoms with Crippen LogP contribution in [-0.4, -0.2) is 35.2 Å². The van der Waals surface area contributed by atoms with Crippen LogP contribution in [0.2, 0.25) is 0 Å². The van der Waals surface area contributed by atoms with E-state index >= 15 is 0 Å². The molecule has 1 aromatic carbocycles. The van der Waals surface area contributed by atoms with Crippen LogP contribution in [0.15, 0.2) is 24.3 Å². The average Bonchev–Trinajstić information content (AvgIpc) is 2.87. The second-order valence-electron chi connectivity index (χ2n) is 7.23. The lowest BCUT2D eigenvalue weighted by Crippen LogP contribution is -2.41. The van der Waals surface area contributed by atoms with Gasteiger partial charge in [-0.05, 0) is 81.7 Å². The number of para-hydroxylation sites is 1. The van der Waals surface area contributed by atoms with Crippen molar-refractivity contribution in [2.75, 3.05) is 11.9 Å². The minimum Gasteiger partial charge on any atom is -0.444 e. The molecule has 0 aromatic heterocycles. The molecular formula is C18H27IN2O2. The van der Waals surface area contributed by atoms with E-state index in [0.29, 0.717) is 6.04 Å². The molecule has 1 aromatic rings. The van der Waals surface area contributed by atoms with Gasteiger partial charge in [0.05, 0.1) is 0 Å². The van der Waals surface area contributed by atoms with E-state index in [2.05, 4.69) is 47.0 Å². The summed E-state index contributed by atoms with van der Waals surface area (Å²) in [5.74, 6) is 0. The lowest BCUT2D eigenvalue weighted by Gasteiger charge is -2.30. The van der Waals surface area contributed by atoms with Crippen molar-refractivity contribution in [1.29, 1.82) is 0 Å². The number of halogens is 1. The van der Waals surface area contributed by atoms with Gasteiger partial charge in [0.15, 0.2) is 0 Å². The van der Waals surface area contributed by atoms with Crippen molar-refractivity contribution in [3.63, 3.8) is 0 Å². The first kappa shape index (κ1) is 18.4. The van der Waals surface area contributed by atoms with Crippen LogP contribution in [0.4, 0.5) is 10.5 Å². The monoisotopic (exact) mass is 430 g/mol. The van der Waals surface area contributed by atoms with Gasteiger partial charge in [0.1, 0.15) is 5.60 Å². The zero-order valence-corrected chi connectivity index (χ0v) is 16.6. The normalized spacial score (nSPS) is 19.5. The van der Waals surface area contributed by atoms with Gasteiger partial charge in [-0.1, -0.05) is 12.1 Å². The molecule has 5 heteroatoms. The largest absolute Gasteiger partial charge is 0.444 e. The van der Waals surface area contributed by atoms with Crippen molar-refractivity contribution in [2.45, 2.75) is 64.6 Å². The summed E-state index contributed by atoms with van der Waals surface area (Å²) in [5, 5.41) is 3.56. The zero-order valence-electron chi connectivity index (χ0n) is 14.4. The number of nitrogens with zero attached hydrogens (tertiary/aromatic N) is 1. The quantitative estimate of drug-likeness (QED) is 0.693. The van der Waals surface area contributed by atoms with Crippen molar-refractivity contribution >= 4 is 34.4 Å². The SMILES string of the molecule is CC(CC1CCCN1C(=O)OC(C)(C)C)Nc1ccccc1I. The Kier molecular flexibility index (Phi) is 6.17. The molecule has 0 radical (unpaired) electrons. The van der Waals surface area contributed by atoms with Gasteiger partial charge in [-0.2, -0.15) is 0 Å². The first-order valence-electron chi connectivity index (χ1n) is 8.27. The van der Waals surface area contributed by atoms with Crippen LogP contribution < -0.4 is 5.32 Å². The molecule has 1 aliphatic heterocycles. The summed E-state index contributed by atoms with van der Waals surface area (Å²) < 4.78 is 6.75. The minimum absolute atomic E-state index is 0.179. The molecule has 1 fully saturated rings. The molecule has 23 heavy (non-hydrogen) atoms. The van der Waals surface area contributed by atoms with Gasteiger partial charge in [0.2, 0.25) is 0 Å². The number of rotatable bonds is 4. The van der Waals surface area contributed by atoms with Gasteiger partial charge in [-0.15, -0.1) is 0 Å². The van der Waals surface area contributed by atoms with E-state index in [-0.39, 0.29) is 12.1 Å². The van der Waals surface area contributed by atoms with Crippen molar-refractivity contribution in [3.8, 4) is 0 Å². The summed E-state index contributed by atoms with van der Waals surface area (Å²) in [6, 6.07) is 8.84. The molecule has 2 unspecified atom stereocenters. The summed E-state index contributed by atoms with van der Waals surface area (Å²) in [5.41, 5.74) is 0.719. The number of benzene rings is 1. The Hall–Kier alpha value is -0.980. The Morgan fingerprint density at radius 3 is 2.78 bits per heavy atom. The highest BCUT2D eigenvalue weighted by Gasteiger charge is 2.32. The Morgan fingerprint density at radius 1 is 1.43 bits per heavy atom. The van der Waals surface area contributed by atoms with Gasteiger partial charge in [-0.3, -0.25) is 0 Å². The maximum absolute atomic E-state index is 12.3. The number of carbonyl (C=O) groups is 1. The fourth-order valence-corrected chi connectivity index (χ4v) is 3.50. The molecule has 0 saturated carbocycles. The third-order valence-corrected chi connectivity index (χ3v) is 4.85. The maximum atomic E-state index is 12.3. The van der Waals surface area contributed by atoms with E-state index in [1.807, 2.05) is 37.8 Å². The summed E-state index contributed by atoms with van der Waals surface area (Å²) in [7, 11) is 0. The maximum Gasteiger partial charge on any atom is 0.410 e. The molecule has 128 valence electrons. The Morgan fingerprint density at radius 2 is 2.13 bits per heavy atom. The predicted octanol–water partition coefficient (Wildman–Crippen LogP) is 4.88. The number of hydrogen-bond acceptors (Lipinski definition) is 3. The zero-order chi connectivity index (χ0) is 17.0. The van der Waals surface area contributed by atoms with Crippen LogP contribution in [0.1, 0.15) is 47.0 Å². The van der Waals surface area contributed by atoms with E-state index < -0.39 is 5.60 Å². The van der Waals surface area contributed by atoms with Crippen molar-refractivity contribution < 1.29 is 9.53 Å². The Balaban J connectivity index is 1.93. The van der Waals surface area contributed by atoms with E-state index in [1.165, 1.54) is 3.57 Å². The predicted molar refractivity (Wildman–Crippen MR) is 103 cm³/mol. The van der Waals surface area contributed by atoms with Crippen LogP contribution >= 0.6 is 22.6 Å². The third kappa shape index (κ3) is 5.55. The number of nitrogens with one attached hydrogen (secondary N) is 1. The summed E-state index contributed by atoms with van der Waals surface area (Å²) >= 11 is 2.34. The molecule has 0 spiro atoms. The molecule has 4 nitrogen and oxygen atoms in total. The highest BCUT2D eigenvalue weighted by atomic mass is 127. The fraction of sp³-hybridized carbons (Fsp3) is 0.611. The van der Waals surface area contributed by atoms with Crippen LogP contribution in [-0.2, 0) is 4.74 Å². The highest BCUT2D eigenvalue weighted by molar-refractivity contribution is 14.1. The summed E-state index contributed by atoms with van der Waals surface area (Å²) in [6.07, 6.45) is 2.86. The topological polar surface area (TPSA) is 41.6 Å². The molecule has 0 aliphatic carbocycles. The van der Waals surface area contributed by atoms with Gasteiger partial charge in [0.25, 0.3) is 0 Å². The summed E-state index contributed by atoms with van der Waals surface area (Å²) in [6.45, 7) is 8.72. The Labute approximate surface area is 153 Å². The number of amides is 1. The third-order valence-electron chi connectivity index (χ3n) is 3.91. The number of carbonyl (C=O) groups excluding carboxylic acids is 1. The summed E-state index contributed by atoms with van der Waals surface area (Å²) in [4.78, 5) is 14.2. The molecule has 1 heterocycles. The lowest BCUT2D eigenvalue weighted by atomic mass is 10.1. The molecule has 0 bridgehead atoms. The molecule has 2 rings (SSSR count). The van der Waals surface area contributed by atoms with Gasteiger partial charge in [-0.25, -0.2) is 4.79 Å². The number of hydrogen-bond donors (Lipinski definition) is 1. The van der Waals surface area contributed by atoms with Gasteiger partial charge < -0.3 is 15.0 Å². The number of ether oxygens (including phenoxy) is 1. The van der Waals surface area contributed by atoms with Crippen molar-refractivity contribution in [2.24, 2.45) is 0 Å². The second-order valence-corrected chi connectivity index (χ2v) is 8.39. The van der Waals surface area contributed by atoms with E-state index in [4.69, 9.17) is 4.74 Å². The Bertz CT molecular complexity index is 542. The van der Waals surface area contributed by atoms with Gasteiger partial charge >= 0.3 is 6.09 Å². The fourth-order valence-electron chi connectivity index (χ4n) is 2.95. The first-order chi connectivity index (χ1) is 10.8. The molecule has 1 N–H and O–H groups in total. The minimum atomic E-state index is -0.436. The van der Waals surface area contributed by atoms with Crippen LogP contribution in [0, 0.1) is 3.57 Å². The van der Waals surface area contributed by atoms with Crippen molar-refractivity contribution in [1.82, 2.24) is 4.90 Å². The van der Waals surface area contributed by atoms with Gasteiger partial charge in [0, 0.05) is 27.9 Å².